The minimum atomic E-state index is -0.744. The highest BCUT2D eigenvalue weighted by Gasteiger charge is 2.16. The third-order valence-electron chi connectivity index (χ3n) is 3.69. The second-order valence-electron chi connectivity index (χ2n) is 5.42. The largest absolute Gasteiger partial charge is 0.423 e. The molecule has 0 saturated carbocycles. The van der Waals surface area contributed by atoms with Crippen molar-refractivity contribution in [3.05, 3.63) is 70.4 Å². The average molecular weight is 320 g/mol. The number of carbonyl (C=O) groups is 1. The minimum absolute atomic E-state index is 0.120. The van der Waals surface area contributed by atoms with Crippen LogP contribution in [0.4, 0.5) is 0 Å². The van der Waals surface area contributed by atoms with Crippen molar-refractivity contribution < 1.29 is 9.53 Å². The Labute approximate surface area is 135 Å². The zero-order valence-corrected chi connectivity index (χ0v) is 12.7. The van der Waals surface area contributed by atoms with Crippen molar-refractivity contribution in [2.75, 3.05) is 0 Å². The Morgan fingerprint density at radius 3 is 2.96 bits per heavy atom. The lowest BCUT2D eigenvalue weighted by Gasteiger charge is -2.06. The van der Waals surface area contributed by atoms with Gasteiger partial charge in [-0.25, -0.2) is 9.78 Å². The van der Waals surface area contributed by atoms with E-state index >= 15 is 0 Å². The maximum atomic E-state index is 12.5. The highest BCUT2D eigenvalue weighted by molar-refractivity contribution is 5.91. The first-order valence-electron chi connectivity index (χ1n) is 7.25. The molecule has 4 rings (SSSR count). The highest BCUT2D eigenvalue weighted by atomic mass is 16.5. The maximum Gasteiger partial charge on any atom is 0.350 e. The smallest absolute Gasteiger partial charge is 0.350 e. The van der Waals surface area contributed by atoms with Crippen molar-refractivity contribution in [2.45, 2.75) is 6.92 Å². The summed E-state index contributed by atoms with van der Waals surface area (Å²) < 4.78 is 6.64. The van der Waals surface area contributed by atoms with Crippen molar-refractivity contribution in [3.8, 4) is 5.75 Å². The van der Waals surface area contributed by atoms with Gasteiger partial charge in [0, 0.05) is 17.8 Å². The summed E-state index contributed by atoms with van der Waals surface area (Å²) >= 11 is 0. The van der Waals surface area contributed by atoms with Crippen molar-refractivity contribution >= 4 is 22.5 Å². The first-order chi connectivity index (χ1) is 11.6. The second kappa shape index (κ2) is 5.31. The molecule has 0 saturated heterocycles. The van der Waals surface area contributed by atoms with E-state index in [0.29, 0.717) is 11.4 Å². The van der Waals surface area contributed by atoms with Crippen LogP contribution in [-0.4, -0.2) is 25.6 Å². The molecular formula is C17H12N4O3. The molecule has 1 aromatic carbocycles. The van der Waals surface area contributed by atoms with Crippen LogP contribution in [0.1, 0.15) is 15.9 Å². The van der Waals surface area contributed by atoms with Gasteiger partial charge in [0.15, 0.2) is 0 Å². The fourth-order valence-electron chi connectivity index (χ4n) is 2.47. The minimum Gasteiger partial charge on any atom is -0.423 e. The van der Waals surface area contributed by atoms with Crippen molar-refractivity contribution in [1.29, 1.82) is 0 Å². The second-order valence-corrected chi connectivity index (χ2v) is 5.42. The molecular weight excluding hydrogens is 308 g/mol. The number of aromatic amines is 1. The molecule has 7 nitrogen and oxygen atoms in total. The van der Waals surface area contributed by atoms with Gasteiger partial charge >= 0.3 is 5.97 Å². The normalized spacial score (nSPS) is 11.0. The predicted molar refractivity (Wildman–Crippen MR) is 87.3 cm³/mol. The van der Waals surface area contributed by atoms with Gasteiger partial charge in [-0.1, -0.05) is 6.07 Å². The monoisotopic (exact) mass is 320 g/mol. The number of carbonyl (C=O) groups excluding carboxylic acids is 1. The summed E-state index contributed by atoms with van der Waals surface area (Å²) in [7, 11) is 0. The number of aryl methyl sites for hydroxylation is 1. The van der Waals surface area contributed by atoms with Crippen LogP contribution in [0.3, 0.4) is 0 Å². The van der Waals surface area contributed by atoms with E-state index in [-0.39, 0.29) is 5.56 Å². The Morgan fingerprint density at radius 1 is 1.21 bits per heavy atom. The predicted octanol–water partition coefficient (Wildman–Crippen LogP) is 2.10. The summed E-state index contributed by atoms with van der Waals surface area (Å²) in [6, 6.07) is 8.63. The van der Waals surface area contributed by atoms with Gasteiger partial charge in [0.05, 0.1) is 11.7 Å². The lowest BCUT2D eigenvalue weighted by Crippen LogP contribution is -2.25. The molecule has 1 N–H and O–H groups in total. The SMILES string of the molecule is Cc1ccc2ncc(C(=O)Oc3ccc4[nH]ncc4c3)c(=O)n2c1. The fraction of sp³-hybridized carbons (Fsp3) is 0.0588. The molecule has 0 radical (unpaired) electrons. The van der Waals surface area contributed by atoms with Crippen LogP contribution in [0.5, 0.6) is 5.75 Å². The maximum absolute atomic E-state index is 12.5. The van der Waals surface area contributed by atoms with Crippen LogP contribution in [0.25, 0.3) is 16.6 Å². The summed E-state index contributed by atoms with van der Waals surface area (Å²) in [6.45, 7) is 1.86. The summed E-state index contributed by atoms with van der Waals surface area (Å²) in [5.74, 6) is -0.408. The summed E-state index contributed by atoms with van der Waals surface area (Å²) in [5, 5.41) is 7.53. The zero-order valence-electron chi connectivity index (χ0n) is 12.7. The number of hydrogen-bond acceptors (Lipinski definition) is 5. The topological polar surface area (TPSA) is 89.3 Å². The van der Waals surface area contributed by atoms with Crippen LogP contribution in [-0.2, 0) is 0 Å². The summed E-state index contributed by atoms with van der Waals surface area (Å²) in [4.78, 5) is 29.0. The summed E-state index contributed by atoms with van der Waals surface area (Å²) in [5.41, 5.74) is 1.62. The van der Waals surface area contributed by atoms with E-state index in [1.165, 1.54) is 10.6 Å². The molecule has 118 valence electrons. The standard InChI is InChI=1S/C17H12N4O3/c1-10-2-5-15-18-8-13(16(22)21(15)9-10)17(23)24-12-3-4-14-11(6-12)7-19-20-14/h2-9H,1H3,(H,19,20). The Morgan fingerprint density at radius 2 is 2.08 bits per heavy atom. The Kier molecular flexibility index (Phi) is 3.13. The number of benzene rings is 1. The molecule has 7 heteroatoms. The van der Waals surface area contributed by atoms with Gasteiger partial charge in [-0.15, -0.1) is 0 Å². The summed E-state index contributed by atoms with van der Waals surface area (Å²) in [6.07, 6.45) is 4.51. The molecule has 0 atom stereocenters. The first kappa shape index (κ1) is 14.1. The molecule has 0 fully saturated rings. The van der Waals surface area contributed by atoms with Gasteiger partial charge in [0.25, 0.3) is 5.56 Å². The number of ether oxygens (including phenoxy) is 1. The van der Waals surface area contributed by atoms with Crippen molar-refractivity contribution in [1.82, 2.24) is 19.6 Å². The number of rotatable bonds is 2. The zero-order chi connectivity index (χ0) is 16.7. The van der Waals surface area contributed by atoms with Gasteiger partial charge < -0.3 is 4.74 Å². The number of hydrogen-bond donors (Lipinski definition) is 1. The lowest BCUT2D eigenvalue weighted by atomic mass is 10.2. The van der Waals surface area contributed by atoms with Gasteiger partial charge in [-0.05, 0) is 36.8 Å². The van der Waals surface area contributed by atoms with Gasteiger partial charge in [-0.2, -0.15) is 5.10 Å². The van der Waals surface area contributed by atoms with E-state index in [0.717, 1.165) is 16.5 Å². The van der Waals surface area contributed by atoms with Crippen LogP contribution in [0.2, 0.25) is 0 Å². The fourth-order valence-corrected chi connectivity index (χ4v) is 2.47. The van der Waals surface area contributed by atoms with Crippen LogP contribution < -0.4 is 10.3 Å². The number of nitrogens with one attached hydrogen (secondary N) is 1. The molecule has 0 bridgehead atoms. The molecule has 3 aromatic heterocycles. The number of aromatic nitrogens is 4. The molecule has 0 aliphatic carbocycles. The average Bonchev–Trinajstić information content (AvgIpc) is 3.03. The molecule has 0 aliphatic heterocycles. The molecule has 0 aliphatic rings. The number of H-pyrrole nitrogens is 1. The van der Waals surface area contributed by atoms with Gasteiger partial charge in [0.2, 0.25) is 0 Å². The van der Waals surface area contributed by atoms with E-state index in [9.17, 15) is 9.59 Å². The van der Waals surface area contributed by atoms with Crippen molar-refractivity contribution in [3.63, 3.8) is 0 Å². The van der Waals surface area contributed by atoms with Crippen LogP contribution in [0.15, 0.2) is 53.7 Å². The van der Waals surface area contributed by atoms with E-state index < -0.39 is 11.5 Å². The third kappa shape index (κ3) is 2.32. The van der Waals surface area contributed by atoms with Crippen LogP contribution >= 0.6 is 0 Å². The molecule has 0 amide bonds. The number of esters is 1. The van der Waals surface area contributed by atoms with E-state index in [4.69, 9.17) is 4.74 Å². The highest BCUT2D eigenvalue weighted by Crippen LogP contribution is 2.19. The number of nitrogens with zero attached hydrogens (tertiary/aromatic N) is 3. The quantitative estimate of drug-likeness (QED) is 0.451. The number of fused-ring (bicyclic) bond motifs is 2. The van der Waals surface area contributed by atoms with Gasteiger partial charge in [-0.3, -0.25) is 14.3 Å². The van der Waals surface area contributed by atoms with E-state index in [1.54, 1.807) is 36.7 Å². The Hall–Kier alpha value is -3.48. The molecule has 4 aromatic rings. The van der Waals surface area contributed by atoms with E-state index in [1.807, 2.05) is 13.0 Å². The Balaban J connectivity index is 1.72. The van der Waals surface area contributed by atoms with Crippen molar-refractivity contribution in [2.24, 2.45) is 0 Å². The molecule has 0 unspecified atom stereocenters. The first-order valence-corrected chi connectivity index (χ1v) is 7.25. The third-order valence-corrected chi connectivity index (χ3v) is 3.69. The molecule has 0 spiro atoms. The van der Waals surface area contributed by atoms with E-state index in [2.05, 4.69) is 15.2 Å². The molecule has 24 heavy (non-hydrogen) atoms. The van der Waals surface area contributed by atoms with Gasteiger partial charge in [0.1, 0.15) is 17.0 Å². The lowest BCUT2D eigenvalue weighted by molar-refractivity contribution is 0.0732. The van der Waals surface area contributed by atoms with Crippen LogP contribution in [0, 0.1) is 6.92 Å². The number of pyridine rings is 1. The Bertz CT molecular complexity index is 1140. The molecule has 3 heterocycles.